The summed E-state index contributed by atoms with van der Waals surface area (Å²) in [6.45, 7) is 7.61. The Labute approximate surface area is 229 Å². The number of nitrogen functional groups attached to an aromatic ring is 1. The number of carbonyl (C=O) groups excluding carboxylic acids is 1. The van der Waals surface area contributed by atoms with Gasteiger partial charge >= 0.3 is 11.8 Å². The Hall–Kier alpha value is -4.35. The van der Waals surface area contributed by atoms with E-state index in [9.17, 15) is 18.4 Å². The lowest BCUT2D eigenvalue weighted by Crippen LogP contribution is -2.43. The molecule has 0 spiro atoms. The molecule has 1 aromatic carbocycles. The van der Waals surface area contributed by atoms with Crippen molar-refractivity contribution in [2.75, 3.05) is 12.3 Å². The minimum atomic E-state index is -3.14. The Morgan fingerprint density at radius 1 is 1.10 bits per heavy atom. The average molecular weight is 552 g/mol. The van der Waals surface area contributed by atoms with E-state index in [2.05, 4.69) is 15.1 Å². The summed E-state index contributed by atoms with van der Waals surface area (Å²) in [5, 5.41) is 4.58. The zero-order valence-electron chi connectivity index (χ0n) is 23.0. The highest BCUT2D eigenvalue weighted by atomic mass is 19.3. The van der Waals surface area contributed by atoms with Gasteiger partial charge in [0.25, 0.3) is 5.92 Å². The third-order valence-electron chi connectivity index (χ3n) is 6.56. The lowest BCUT2D eigenvalue weighted by molar-refractivity contribution is -0.00254. The molecule has 4 heterocycles. The molecule has 12 heteroatoms. The maximum atomic E-state index is 14.5. The quantitative estimate of drug-likeness (QED) is 0.397. The molecule has 4 aromatic rings. The molecular formula is C28H31F2N7O3. The zero-order chi connectivity index (χ0) is 29.0. The number of ether oxygens (including phenoxy) is 1. The molecule has 0 saturated carbocycles. The van der Waals surface area contributed by atoms with Crippen molar-refractivity contribution in [2.45, 2.75) is 65.1 Å². The Balaban J connectivity index is 1.67. The number of hydrogen-bond donors (Lipinski definition) is 1. The molecule has 5 rings (SSSR count). The summed E-state index contributed by atoms with van der Waals surface area (Å²) >= 11 is 0. The van der Waals surface area contributed by atoms with Gasteiger partial charge in [-0.15, -0.1) is 5.10 Å². The van der Waals surface area contributed by atoms with Gasteiger partial charge in [0.2, 0.25) is 5.95 Å². The van der Waals surface area contributed by atoms with Gasteiger partial charge in [0.05, 0.1) is 30.4 Å². The molecule has 1 aliphatic rings. The molecule has 1 aliphatic heterocycles. The molecule has 40 heavy (non-hydrogen) atoms. The number of likely N-dealkylation sites (tertiary alicyclic amines) is 1. The van der Waals surface area contributed by atoms with Gasteiger partial charge in [0, 0.05) is 23.4 Å². The van der Waals surface area contributed by atoms with Crippen molar-refractivity contribution in [1.82, 2.24) is 29.0 Å². The van der Waals surface area contributed by atoms with Gasteiger partial charge in [-0.1, -0.05) is 30.3 Å². The highest BCUT2D eigenvalue weighted by Gasteiger charge is 2.48. The standard InChI is InChI=1S/C28H31F2N7O3/c1-16-11-19(12-17(2)32-16)21-22(18-9-7-6-8-10-18)33-24(31)37-23(21)34-36(25(37)38)14-20-13-28(29,30)15-35(20)26(39)40-27(3,4)5/h6-12,20H,13-15H2,1-5H3,(H2,31,33)/t20-/m0/s1. The first-order valence-electron chi connectivity index (χ1n) is 12.9. The first-order valence-corrected chi connectivity index (χ1v) is 12.9. The summed E-state index contributed by atoms with van der Waals surface area (Å²) < 4.78 is 36.6. The Kier molecular flexibility index (Phi) is 6.59. The second kappa shape index (κ2) is 9.68. The molecule has 3 aromatic heterocycles. The second-order valence-electron chi connectivity index (χ2n) is 11.1. The fraction of sp³-hybridized carbons (Fsp3) is 0.393. The summed E-state index contributed by atoms with van der Waals surface area (Å²) in [7, 11) is 0. The summed E-state index contributed by atoms with van der Waals surface area (Å²) in [4.78, 5) is 36.4. The van der Waals surface area contributed by atoms with E-state index < -0.39 is 42.3 Å². The van der Waals surface area contributed by atoms with E-state index in [1.54, 1.807) is 20.8 Å². The van der Waals surface area contributed by atoms with E-state index in [0.717, 1.165) is 36.5 Å². The smallest absolute Gasteiger partial charge is 0.410 e. The normalized spacial score (nSPS) is 17.0. The molecule has 1 fully saturated rings. The number of alkyl halides is 2. The van der Waals surface area contributed by atoms with E-state index in [4.69, 9.17) is 10.5 Å². The first-order chi connectivity index (χ1) is 18.7. The highest BCUT2D eigenvalue weighted by molar-refractivity contribution is 5.90. The second-order valence-corrected chi connectivity index (χ2v) is 11.1. The van der Waals surface area contributed by atoms with Crippen LogP contribution in [-0.4, -0.2) is 59.3 Å². The lowest BCUT2D eigenvalue weighted by atomic mass is 9.99. The molecule has 10 nitrogen and oxygen atoms in total. The number of carbonyl (C=O) groups is 1. The number of hydrogen-bond acceptors (Lipinski definition) is 7. The number of nitrogens with two attached hydrogens (primary N) is 1. The molecule has 2 N–H and O–H groups in total. The predicted octanol–water partition coefficient (Wildman–Crippen LogP) is 4.46. The van der Waals surface area contributed by atoms with Crippen molar-refractivity contribution in [3.05, 3.63) is 64.3 Å². The summed E-state index contributed by atoms with van der Waals surface area (Å²) in [5.41, 5.74) is 9.04. The number of anilines is 1. The van der Waals surface area contributed by atoms with Crippen LogP contribution in [0, 0.1) is 13.8 Å². The fourth-order valence-electron chi connectivity index (χ4n) is 5.07. The van der Waals surface area contributed by atoms with Crippen LogP contribution in [0.5, 0.6) is 0 Å². The number of pyridine rings is 1. The monoisotopic (exact) mass is 551 g/mol. The molecule has 1 amide bonds. The van der Waals surface area contributed by atoms with Crippen molar-refractivity contribution >= 4 is 17.7 Å². The minimum Gasteiger partial charge on any atom is -0.444 e. The summed E-state index contributed by atoms with van der Waals surface area (Å²) in [5.74, 6) is -3.24. The number of amides is 1. The van der Waals surface area contributed by atoms with Crippen molar-refractivity contribution in [3.8, 4) is 22.4 Å². The summed E-state index contributed by atoms with van der Waals surface area (Å²) in [6, 6.07) is 12.0. The van der Waals surface area contributed by atoms with Crippen LogP contribution in [0.2, 0.25) is 0 Å². The number of benzene rings is 1. The van der Waals surface area contributed by atoms with Crippen LogP contribution in [0.15, 0.2) is 47.3 Å². The molecular weight excluding hydrogens is 520 g/mol. The van der Waals surface area contributed by atoms with Crippen LogP contribution in [0.25, 0.3) is 28.0 Å². The van der Waals surface area contributed by atoms with E-state index in [1.807, 2.05) is 56.3 Å². The number of fused-ring (bicyclic) bond motifs is 1. The van der Waals surface area contributed by atoms with Gasteiger partial charge < -0.3 is 10.5 Å². The third kappa shape index (κ3) is 5.25. The van der Waals surface area contributed by atoms with Crippen molar-refractivity contribution in [3.63, 3.8) is 0 Å². The van der Waals surface area contributed by atoms with Crippen LogP contribution < -0.4 is 11.4 Å². The number of nitrogens with zero attached hydrogens (tertiary/aromatic N) is 6. The van der Waals surface area contributed by atoms with E-state index in [0.29, 0.717) is 11.3 Å². The van der Waals surface area contributed by atoms with E-state index in [1.165, 1.54) is 0 Å². The molecule has 0 bridgehead atoms. The average Bonchev–Trinajstić information content (AvgIpc) is 3.33. The molecule has 1 saturated heterocycles. The first kappa shape index (κ1) is 27.2. The maximum absolute atomic E-state index is 14.5. The van der Waals surface area contributed by atoms with Gasteiger partial charge in [-0.3, -0.25) is 9.88 Å². The number of halogens is 2. The largest absolute Gasteiger partial charge is 0.444 e. The van der Waals surface area contributed by atoms with Gasteiger partial charge in [-0.2, -0.15) is 0 Å². The van der Waals surface area contributed by atoms with Crippen LogP contribution in [0.4, 0.5) is 19.5 Å². The zero-order valence-corrected chi connectivity index (χ0v) is 23.0. The fourth-order valence-corrected chi connectivity index (χ4v) is 5.07. The Morgan fingerprint density at radius 2 is 1.75 bits per heavy atom. The van der Waals surface area contributed by atoms with Crippen LogP contribution in [0.1, 0.15) is 38.6 Å². The van der Waals surface area contributed by atoms with Crippen molar-refractivity contribution in [1.29, 1.82) is 0 Å². The van der Waals surface area contributed by atoms with E-state index >= 15 is 0 Å². The van der Waals surface area contributed by atoms with Gasteiger partial charge in [0.15, 0.2) is 5.65 Å². The summed E-state index contributed by atoms with van der Waals surface area (Å²) in [6.07, 6.45) is -1.51. The van der Waals surface area contributed by atoms with Crippen LogP contribution >= 0.6 is 0 Å². The number of aromatic nitrogens is 5. The SMILES string of the molecule is Cc1cc(-c2c(-c3ccccc3)nc(N)n3c(=O)n(C[C@@H]4CC(F)(F)CN4C(=O)OC(C)(C)C)nc23)cc(C)n1. The molecule has 0 unspecified atom stereocenters. The molecule has 1 atom stereocenters. The maximum Gasteiger partial charge on any atom is 0.410 e. The number of aryl methyl sites for hydroxylation is 2. The molecule has 0 aliphatic carbocycles. The van der Waals surface area contributed by atoms with Gasteiger partial charge in [-0.05, 0) is 52.3 Å². The van der Waals surface area contributed by atoms with Crippen molar-refractivity contribution in [2.24, 2.45) is 0 Å². The Morgan fingerprint density at radius 3 is 2.38 bits per heavy atom. The topological polar surface area (TPSA) is 121 Å². The van der Waals surface area contributed by atoms with Gasteiger partial charge in [-0.25, -0.2) is 32.4 Å². The predicted molar refractivity (Wildman–Crippen MR) is 146 cm³/mol. The lowest BCUT2D eigenvalue weighted by Gasteiger charge is -2.27. The molecule has 0 radical (unpaired) electrons. The van der Waals surface area contributed by atoms with Crippen molar-refractivity contribution < 1.29 is 18.3 Å². The van der Waals surface area contributed by atoms with Crippen LogP contribution in [-0.2, 0) is 11.3 Å². The van der Waals surface area contributed by atoms with E-state index in [-0.39, 0.29) is 18.1 Å². The number of rotatable bonds is 4. The highest BCUT2D eigenvalue weighted by Crippen LogP contribution is 2.36. The van der Waals surface area contributed by atoms with Crippen LogP contribution in [0.3, 0.4) is 0 Å². The molecule has 210 valence electrons. The minimum absolute atomic E-state index is 0.0999. The van der Waals surface area contributed by atoms with Gasteiger partial charge in [0.1, 0.15) is 5.60 Å². The third-order valence-corrected chi connectivity index (χ3v) is 6.56. The Bertz CT molecular complexity index is 1640.